The third-order valence-corrected chi connectivity index (χ3v) is 5.20. The van der Waals surface area contributed by atoms with Crippen molar-refractivity contribution in [2.24, 2.45) is 0 Å². The molecule has 1 aliphatic rings. The average molecular weight is 440 g/mol. The molecule has 0 fully saturated rings. The molecule has 0 bridgehead atoms. The van der Waals surface area contributed by atoms with Crippen LogP contribution in [0.5, 0.6) is 0 Å². The molecule has 0 aromatic heterocycles. The van der Waals surface area contributed by atoms with E-state index in [1.54, 1.807) is 30.3 Å². The molecule has 3 aromatic rings. The highest BCUT2D eigenvalue weighted by molar-refractivity contribution is 6.31. The van der Waals surface area contributed by atoms with Crippen LogP contribution >= 0.6 is 11.6 Å². The van der Waals surface area contributed by atoms with Gasteiger partial charge in [0, 0.05) is 22.3 Å². The Kier molecular flexibility index (Phi) is 5.39. The second kappa shape index (κ2) is 8.16. The van der Waals surface area contributed by atoms with Crippen molar-refractivity contribution in [2.45, 2.75) is 6.04 Å². The maximum Gasteiger partial charge on any atom is 0.282 e. The summed E-state index contributed by atoms with van der Waals surface area (Å²) in [5, 5.41) is 14.3. The summed E-state index contributed by atoms with van der Waals surface area (Å²) in [6.07, 6.45) is 0. The number of rotatable bonds is 3. The molecule has 0 saturated carbocycles. The quantitative estimate of drug-likeness (QED) is 0.478. The Balaban J connectivity index is 1.93. The summed E-state index contributed by atoms with van der Waals surface area (Å²) < 4.78 is 14.2. The van der Waals surface area contributed by atoms with Crippen LogP contribution in [0.3, 0.4) is 0 Å². The fraction of sp³-hybridized carbons (Fsp3) is 0.0909. The molecular formula is C22H15ClFN3O4. The number of fused-ring (bicyclic) bond motifs is 1. The Morgan fingerprint density at radius 2 is 1.87 bits per heavy atom. The summed E-state index contributed by atoms with van der Waals surface area (Å²) in [5.74, 6) is -1.82. The van der Waals surface area contributed by atoms with Crippen LogP contribution in [0.4, 0.5) is 15.8 Å². The number of carbonyl (C=O) groups excluding carboxylic acids is 2. The SMILES string of the molecule is O=C1CN(C(=O)c2cc(Cl)ccc2[N+](=O)[O-])[C@H](c2ccccc2)c2cc(F)ccc2N1. The number of nitrogens with one attached hydrogen (secondary N) is 1. The van der Waals surface area contributed by atoms with Crippen molar-refractivity contribution in [2.75, 3.05) is 11.9 Å². The summed E-state index contributed by atoms with van der Waals surface area (Å²) in [6, 6.07) is 15.4. The van der Waals surface area contributed by atoms with E-state index in [0.29, 0.717) is 16.8 Å². The number of hydrogen-bond donors (Lipinski definition) is 1. The number of anilines is 1. The van der Waals surface area contributed by atoms with Crippen molar-refractivity contribution in [1.82, 2.24) is 4.90 Å². The number of amides is 2. The standard InChI is InChI=1S/C22H15ClFN3O4/c23-14-6-9-19(27(30)31)17(10-14)22(29)26-12-20(28)25-18-8-7-15(24)11-16(18)21(26)13-4-2-1-3-5-13/h1-11,21H,12H2,(H,25,28)/t21-/m1/s1. The van der Waals surface area contributed by atoms with Gasteiger partial charge in [-0.25, -0.2) is 4.39 Å². The number of carbonyl (C=O) groups is 2. The number of halogens is 2. The fourth-order valence-electron chi connectivity index (χ4n) is 3.65. The van der Waals surface area contributed by atoms with Crippen LogP contribution in [0.2, 0.25) is 5.02 Å². The first-order valence-corrected chi connectivity index (χ1v) is 9.62. The molecule has 0 spiro atoms. The monoisotopic (exact) mass is 439 g/mol. The van der Waals surface area contributed by atoms with Gasteiger partial charge >= 0.3 is 0 Å². The Bertz CT molecular complexity index is 1200. The van der Waals surface area contributed by atoms with Crippen LogP contribution in [-0.2, 0) is 4.79 Å². The summed E-state index contributed by atoms with van der Waals surface area (Å²) in [7, 11) is 0. The van der Waals surface area contributed by atoms with E-state index in [-0.39, 0.29) is 10.6 Å². The van der Waals surface area contributed by atoms with Gasteiger partial charge in [0.2, 0.25) is 5.91 Å². The lowest BCUT2D eigenvalue weighted by atomic mass is 9.95. The maximum absolute atomic E-state index is 14.2. The Morgan fingerprint density at radius 3 is 2.58 bits per heavy atom. The van der Waals surface area contributed by atoms with E-state index in [1.807, 2.05) is 0 Å². The van der Waals surface area contributed by atoms with Crippen molar-refractivity contribution in [3.05, 3.63) is 104 Å². The van der Waals surface area contributed by atoms with Gasteiger partial charge in [0.1, 0.15) is 17.9 Å². The molecule has 4 rings (SSSR count). The molecule has 0 aliphatic carbocycles. The van der Waals surface area contributed by atoms with Gasteiger partial charge in [-0.3, -0.25) is 19.7 Å². The Morgan fingerprint density at radius 1 is 1.13 bits per heavy atom. The van der Waals surface area contributed by atoms with Gasteiger partial charge in [0.05, 0.1) is 11.0 Å². The smallest absolute Gasteiger partial charge is 0.282 e. The summed E-state index contributed by atoms with van der Waals surface area (Å²) >= 11 is 6.00. The van der Waals surface area contributed by atoms with E-state index >= 15 is 0 Å². The Hall–Kier alpha value is -3.78. The van der Waals surface area contributed by atoms with E-state index in [0.717, 1.165) is 6.07 Å². The van der Waals surface area contributed by atoms with Crippen molar-refractivity contribution < 1.29 is 18.9 Å². The third-order valence-electron chi connectivity index (χ3n) is 4.97. The van der Waals surface area contributed by atoms with Gasteiger partial charge in [-0.15, -0.1) is 0 Å². The minimum atomic E-state index is -0.864. The van der Waals surface area contributed by atoms with Gasteiger partial charge in [0.25, 0.3) is 11.6 Å². The zero-order chi connectivity index (χ0) is 22.1. The van der Waals surface area contributed by atoms with Gasteiger partial charge < -0.3 is 10.2 Å². The van der Waals surface area contributed by atoms with Crippen LogP contribution in [0.25, 0.3) is 0 Å². The number of hydrogen-bond acceptors (Lipinski definition) is 4. The molecule has 1 N–H and O–H groups in total. The topological polar surface area (TPSA) is 92.5 Å². The van der Waals surface area contributed by atoms with E-state index in [4.69, 9.17) is 11.6 Å². The van der Waals surface area contributed by atoms with E-state index in [9.17, 15) is 24.1 Å². The summed E-state index contributed by atoms with van der Waals surface area (Å²) in [5.41, 5.74) is 0.631. The number of nitro groups is 1. The molecular weight excluding hydrogens is 425 g/mol. The van der Waals surface area contributed by atoms with E-state index in [2.05, 4.69) is 5.32 Å². The minimum absolute atomic E-state index is 0.135. The number of nitro benzene ring substituents is 1. The molecule has 1 atom stereocenters. The molecule has 1 aliphatic heterocycles. The predicted molar refractivity (Wildman–Crippen MR) is 112 cm³/mol. The van der Waals surface area contributed by atoms with Crippen molar-refractivity contribution in [3.8, 4) is 0 Å². The molecule has 9 heteroatoms. The van der Waals surface area contributed by atoms with Crippen molar-refractivity contribution in [3.63, 3.8) is 0 Å². The highest BCUT2D eigenvalue weighted by atomic mass is 35.5. The first-order valence-electron chi connectivity index (χ1n) is 9.24. The van der Waals surface area contributed by atoms with Crippen LogP contribution in [-0.4, -0.2) is 28.2 Å². The lowest BCUT2D eigenvalue weighted by molar-refractivity contribution is -0.385. The van der Waals surface area contributed by atoms with Gasteiger partial charge in [-0.2, -0.15) is 0 Å². The fourth-order valence-corrected chi connectivity index (χ4v) is 3.83. The molecule has 1 heterocycles. The van der Waals surface area contributed by atoms with Crippen LogP contribution in [0, 0.1) is 15.9 Å². The molecule has 2 amide bonds. The van der Waals surface area contributed by atoms with Crippen LogP contribution < -0.4 is 5.32 Å². The lowest BCUT2D eigenvalue weighted by Crippen LogP contribution is -2.39. The number of benzene rings is 3. The Labute approximate surface area is 181 Å². The third kappa shape index (κ3) is 3.97. The molecule has 7 nitrogen and oxygen atoms in total. The van der Waals surface area contributed by atoms with E-state index in [1.165, 1.54) is 35.2 Å². The predicted octanol–water partition coefficient (Wildman–Crippen LogP) is 4.57. The zero-order valence-corrected chi connectivity index (χ0v) is 16.7. The maximum atomic E-state index is 14.2. The molecule has 0 radical (unpaired) electrons. The summed E-state index contributed by atoms with van der Waals surface area (Å²) in [4.78, 5) is 38.1. The minimum Gasteiger partial charge on any atom is -0.324 e. The van der Waals surface area contributed by atoms with E-state index < -0.39 is 40.8 Å². The lowest BCUT2D eigenvalue weighted by Gasteiger charge is -2.30. The summed E-state index contributed by atoms with van der Waals surface area (Å²) in [6.45, 7) is -0.391. The highest BCUT2D eigenvalue weighted by Crippen LogP contribution is 2.38. The molecule has 0 unspecified atom stereocenters. The molecule has 3 aromatic carbocycles. The highest BCUT2D eigenvalue weighted by Gasteiger charge is 2.36. The van der Waals surface area contributed by atoms with Gasteiger partial charge in [0.15, 0.2) is 0 Å². The van der Waals surface area contributed by atoms with Crippen molar-refractivity contribution >= 4 is 34.8 Å². The second-order valence-corrected chi connectivity index (χ2v) is 7.38. The average Bonchev–Trinajstić information content (AvgIpc) is 2.89. The zero-order valence-electron chi connectivity index (χ0n) is 15.9. The normalized spacial score (nSPS) is 15.6. The molecule has 156 valence electrons. The molecule has 31 heavy (non-hydrogen) atoms. The second-order valence-electron chi connectivity index (χ2n) is 6.94. The van der Waals surface area contributed by atoms with Crippen LogP contribution in [0.1, 0.15) is 27.5 Å². The van der Waals surface area contributed by atoms with Crippen LogP contribution in [0.15, 0.2) is 66.7 Å². The largest absolute Gasteiger partial charge is 0.324 e. The number of nitrogens with zero attached hydrogens (tertiary/aromatic N) is 2. The first kappa shape index (κ1) is 20.5. The van der Waals surface area contributed by atoms with Crippen molar-refractivity contribution in [1.29, 1.82) is 0 Å². The van der Waals surface area contributed by atoms with Gasteiger partial charge in [-0.1, -0.05) is 41.9 Å². The molecule has 0 saturated heterocycles. The van der Waals surface area contributed by atoms with Gasteiger partial charge in [-0.05, 0) is 35.9 Å². The first-order chi connectivity index (χ1) is 14.8.